The van der Waals surface area contributed by atoms with Gasteiger partial charge >= 0.3 is 0 Å². The second kappa shape index (κ2) is 9.71. The third-order valence-electron chi connectivity index (χ3n) is 5.97. The summed E-state index contributed by atoms with van der Waals surface area (Å²) in [5.41, 5.74) is 1.62. The van der Waals surface area contributed by atoms with E-state index in [1.807, 2.05) is 13.0 Å². The number of rotatable bonds is 6. The van der Waals surface area contributed by atoms with Crippen molar-refractivity contribution in [3.05, 3.63) is 46.6 Å². The molecule has 1 aromatic carbocycles. The summed E-state index contributed by atoms with van der Waals surface area (Å²) in [6, 6.07) is 9.45. The van der Waals surface area contributed by atoms with Crippen LogP contribution < -0.4 is 10.2 Å². The molecular weight excluding hydrogens is 434 g/mol. The minimum atomic E-state index is -3.39. The smallest absolute Gasteiger partial charge is 0.225 e. The van der Waals surface area contributed by atoms with Crippen LogP contribution in [0, 0.1) is 6.92 Å². The standard InChI is InChI=1S/C22H30ClN5O2S/c1-17-14-21(26-22(24-17)25-20-8-3-2-4-9-20)27-10-12-28(13-11-27)31(29,30)16-18-6-5-7-19(23)15-18/h5-7,14-15,20H,2-4,8-13,16H2,1H3,(H,24,25,26). The van der Waals surface area contributed by atoms with Gasteiger partial charge in [-0.3, -0.25) is 0 Å². The van der Waals surface area contributed by atoms with E-state index in [0.29, 0.717) is 48.8 Å². The zero-order valence-corrected chi connectivity index (χ0v) is 19.5. The summed E-state index contributed by atoms with van der Waals surface area (Å²) in [6.45, 7) is 4.07. The Labute approximate surface area is 189 Å². The first kappa shape index (κ1) is 22.3. The van der Waals surface area contributed by atoms with Crippen molar-refractivity contribution >= 4 is 33.4 Å². The SMILES string of the molecule is Cc1cc(N2CCN(S(=O)(=O)Cc3cccc(Cl)c3)CC2)nc(NC2CCCCC2)n1. The molecule has 2 aromatic rings. The minimum Gasteiger partial charge on any atom is -0.354 e. The first-order chi connectivity index (χ1) is 14.9. The van der Waals surface area contributed by atoms with Gasteiger partial charge in [-0.15, -0.1) is 0 Å². The fraction of sp³-hybridized carbons (Fsp3) is 0.545. The molecule has 1 N–H and O–H groups in total. The molecule has 0 radical (unpaired) electrons. The number of aryl methyl sites for hydroxylation is 1. The lowest BCUT2D eigenvalue weighted by Crippen LogP contribution is -2.49. The first-order valence-corrected chi connectivity index (χ1v) is 13.0. The van der Waals surface area contributed by atoms with Gasteiger partial charge in [0.25, 0.3) is 0 Å². The molecule has 1 aliphatic heterocycles. The van der Waals surface area contributed by atoms with E-state index in [4.69, 9.17) is 16.6 Å². The first-order valence-electron chi connectivity index (χ1n) is 11.0. The van der Waals surface area contributed by atoms with Gasteiger partial charge in [0.1, 0.15) is 5.82 Å². The Morgan fingerprint density at radius 1 is 1.06 bits per heavy atom. The van der Waals surface area contributed by atoms with Gasteiger partial charge in [-0.2, -0.15) is 9.29 Å². The van der Waals surface area contributed by atoms with Gasteiger partial charge in [0, 0.05) is 49.0 Å². The summed E-state index contributed by atoms with van der Waals surface area (Å²) in [5.74, 6) is 1.51. The maximum Gasteiger partial charge on any atom is 0.225 e. The maximum absolute atomic E-state index is 12.9. The van der Waals surface area contributed by atoms with Gasteiger partial charge in [-0.1, -0.05) is 43.0 Å². The van der Waals surface area contributed by atoms with Crippen LogP contribution in [-0.4, -0.2) is 54.9 Å². The molecule has 31 heavy (non-hydrogen) atoms. The van der Waals surface area contributed by atoms with E-state index < -0.39 is 10.0 Å². The molecule has 4 rings (SSSR count). The molecular formula is C22H30ClN5O2S. The topological polar surface area (TPSA) is 78.4 Å². The van der Waals surface area contributed by atoms with E-state index in [-0.39, 0.29) is 5.75 Å². The third kappa shape index (κ3) is 5.87. The molecule has 2 heterocycles. The van der Waals surface area contributed by atoms with Gasteiger partial charge in [-0.05, 0) is 37.5 Å². The van der Waals surface area contributed by atoms with Crippen molar-refractivity contribution in [3.63, 3.8) is 0 Å². The number of hydrogen-bond donors (Lipinski definition) is 1. The number of piperazine rings is 1. The zero-order chi connectivity index (χ0) is 21.8. The second-order valence-corrected chi connectivity index (χ2v) is 10.8. The summed E-state index contributed by atoms with van der Waals surface area (Å²) < 4.78 is 27.3. The van der Waals surface area contributed by atoms with Crippen LogP contribution in [0.25, 0.3) is 0 Å². The number of sulfonamides is 1. The van der Waals surface area contributed by atoms with Crippen molar-refractivity contribution in [2.75, 3.05) is 36.4 Å². The van der Waals surface area contributed by atoms with Crippen LogP contribution in [0.4, 0.5) is 11.8 Å². The highest BCUT2D eigenvalue weighted by atomic mass is 35.5. The lowest BCUT2D eigenvalue weighted by molar-refractivity contribution is 0.383. The molecule has 0 atom stereocenters. The zero-order valence-electron chi connectivity index (χ0n) is 17.9. The Balaban J connectivity index is 1.39. The van der Waals surface area contributed by atoms with E-state index in [2.05, 4.69) is 15.2 Å². The van der Waals surface area contributed by atoms with E-state index >= 15 is 0 Å². The number of aromatic nitrogens is 2. The summed E-state index contributed by atoms with van der Waals surface area (Å²) >= 11 is 6.00. The van der Waals surface area contributed by atoms with Crippen LogP contribution in [0.2, 0.25) is 5.02 Å². The van der Waals surface area contributed by atoms with Crippen LogP contribution >= 0.6 is 11.6 Å². The number of halogens is 1. The molecule has 1 aliphatic carbocycles. The van der Waals surface area contributed by atoms with Crippen molar-refractivity contribution in [1.29, 1.82) is 0 Å². The fourth-order valence-electron chi connectivity index (χ4n) is 4.33. The van der Waals surface area contributed by atoms with Gasteiger partial charge in [0.15, 0.2) is 0 Å². The summed E-state index contributed by atoms with van der Waals surface area (Å²) in [7, 11) is -3.39. The van der Waals surface area contributed by atoms with Crippen LogP contribution in [0.1, 0.15) is 43.4 Å². The monoisotopic (exact) mass is 463 g/mol. The van der Waals surface area contributed by atoms with E-state index in [1.165, 1.54) is 19.3 Å². The van der Waals surface area contributed by atoms with E-state index in [0.717, 1.165) is 24.4 Å². The van der Waals surface area contributed by atoms with Crippen molar-refractivity contribution in [3.8, 4) is 0 Å². The highest BCUT2D eigenvalue weighted by molar-refractivity contribution is 7.88. The number of benzene rings is 1. The average molecular weight is 464 g/mol. The Bertz CT molecular complexity index is 1000. The molecule has 0 bridgehead atoms. The highest BCUT2D eigenvalue weighted by Crippen LogP contribution is 2.23. The fourth-order valence-corrected chi connectivity index (χ4v) is 6.05. The molecule has 1 saturated heterocycles. The minimum absolute atomic E-state index is 0.0321. The number of hydrogen-bond acceptors (Lipinski definition) is 6. The molecule has 0 amide bonds. The van der Waals surface area contributed by atoms with Gasteiger partial charge in [0.2, 0.25) is 16.0 Å². The third-order valence-corrected chi connectivity index (χ3v) is 8.06. The Hall–Kier alpha value is -1.90. The van der Waals surface area contributed by atoms with Crippen LogP contribution in [-0.2, 0) is 15.8 Å². The Kier molecular flexibility index (Phi) is 6.99. The predicted molar refractivity (Wildman–Crippen MR) is 125 cm³/mol. The van der Waals surface area contributed by atoms with E-state index in [9.17, 15) is 8.42 Å². The average Bonchev–Trinajstić information content (AvgIpc) is 2.74. The molecule has 0 unspecified atom stereocenters. The molecule has 2 aliphatic rings. The largest absolute Gasteiger partial charge is 0.354 e. The molecule has 0 spiro atoms. The molecule has 2 fully saturated rings. The van der Waals surface area contributed by atoms with Crippen molar-refractivity contribution in [2.24, 2.45) is 0 Å². The molecule has 168 valence electrons. The van der Waals surface area contributed by atoms with Crippen molar-refractivity contribution < 1.29 is 8.42 Å². The lowest BCUT2D eigenvalue weighted by atomic mass is 9.96. The summed E-state index contributed by atoms with van der Waals surface area (Å²) in [4.78, 5) is 11.4. The van der Waals surface area contributed by atoms with Crippen LogP contribution in [0.5, 0.6) is 0 Å². The summed E-state index contributed by atoms with van der Waals surface area (Å²) in [6.07, 6.45) is 6.14. The molecule has 7 nitrogen and oxygen atoms in total. The van der Waals surface area contributed by atoms with E-state index in [1.54, 1.807) is 28.6 Å². The lowest BCUT2D eigenvalue weighted by Gasteiger charge is -2.35. The molecule has 1 aromatic heterocycles. The number of nitrogens with one attached hydrogen (secondary N) is 1. The van der Waals surface area contributed by atoms with Crippen LogP contribution in [0.3, 0.4) is 0 Å². The quantitative estimate of drug-likeness (QED) is 0.701. The predicted octanol–water partition coefficient (Wildman–Crippen LogP) is 3.84. The van der Waals surface area contributed by atoms with Gasteiger partial charge < -0.3 is 10.2 Å². The van der Waals surface area contributed by atoms with Crippen molar-refractivity contribution in [1.82, 2.24) is 14.3 Å². The van der Waals surface area contributed by atoms with Crippen molar-refractivity contribution in [2.45, 2.75) is 50.8 Å². The maximum atomic E-state index is 12.9. The molecule has 9 heteroatoms. The Morgan fingerprint density at radius 3 is 2.52 bits per heavy atom. The number of anilines is 2. The van der Waals surface area contributed by atoms with Crippen LogP contribution in [0.15, 0.2) is 30.3 Å². The number of nitrogens with zero attached hydrogens (tertiary/aromatic N) is 4. The summed E-state index contributed by atoms with van der Waals surface area (Å²) in [5, 5.41) is 4.05. The normalized spacial score (nSPS) is 18.8. The Morgan fingerprint density at radius 2 is 1.81 bits per heavy atom. The second-order valence-electron chi connectivity index (χ2n) is 8.44. The molecule has 1 saturated carbocycles. The van der Waals surface area contributed by atoms with Gasteiger partial charge in [0.05, 0.1) is 5.75 Å². The van der Waals surface area contributed by atoms with Gasteiger partial charge in [-0.25, -0.2) is 13.4 Å². The highest BCUT2D eigenvalue weighted by Gasteiger charge is 2.28.